The summed E-state index contributed by atoms with van der Waals surface area (Å²) in [5.74, 6) is 1.73. The number of benzene rings is 3. The van der Waals surface area contributed by atoms with Crippen LogP contribution in [-0.2, 0) is 6.42 Å². The predicted molar refractivity (Wildman–Crippen MR) is 153 cm³/mol. The van der Waals surface area contributed by atoms with E-state index in [0.717, 1.165) is 34.5 Å². The molecule has 0 bridgehead atoms. The summed E-state index contributed by atoms with van der Waals surface area (Å²) in [6.45, 7) is 4.40. The third kappa shape index (κ3) is 4.09. The topological polar surface area (TPSA) is 52.8 Å². The van der Waals surface area contributed by atoms with Gasteiger partial charge in [-0.15, -0.1) is 0 Å². The van der Waals surface area contributed by atoms with Crippen LogP contribution < -0.4 is 24.4 Å². The Balaban J connectivity index is 1.57. The van der Waals surface area contributed by atoms with Crippen molar-refractivity contribution in [3.05, 3.63) is 120 Å². The molecule has 0 saturated carbocycles. The Labute approximate surface area is 226 Å². The van der Waals surface area contributed by atoms with Crippen molar-refractivity contribution in [2.24, 2.45) is 4.99 Å². The van der Waals surface area contributed by atoms with Gasteiger partial charge in [0.05, 0.1) is 30.5 Å². The second kappa shape index (κ2) is 9.76. The molecule has 38 heavy (non-hydrogen) atoms. The second-order valence-corrected chi connectivity index (χ2v) is 11.1. The van der Waals surface area contributed by atoms with Crippen molar-refractivity contribution in [2.75, 3.05) is 14.2 Å². The summed E-state index contributed by atoms with van der Waals surface area (Å²) in [6, 6.07) is 22.8. The lowest BCUT2D eigenvalue weighted by Gasteiger charge is -2.31. The SMILES string of the molecule is COc1ccc(C=c2sc3n(c2=O)C(c2ccc(C(C)C)cc2)C2=C(N=3)c3ccccc3CC2)cc1OC. The highest BCUT2D eigenvalue weighted by atomic mass is 32.1. The number of methoxy groups -OCH3 is 2. The summed E-state index contributed by atoms with van der Waals surface area (Å²) in [5, 5.41) is 0. The van der Waals surface area contributed by atoms with Gasteiger partial charge in [-0.2, -0.15) is 0 Å². The fraction of sp³-hybridized carbons (Fsp3) is 0.250. The van der Waals surface area contributed by atoms with Crippen LogP contribution in [0.15, 0.2) is 82.1 Å². The summed E-state index contributed by atoms with van der Waals surface area (Å²) in [7, 11) is 3.23. The minimum Gasteiger partial charge on any atom is -0.493 e. The number of allylic oxidation sites excluding steroid dienone is 1. The zero-order valence-corrected chi connectivity index (χ0v) is 22.8. The number of aromatic nitrogens is 1. The van der Waals surface area contributed by atoms with Crippen LogP contribution in [-0.4, -0.2) is 18.8 Å². The fourth-order valence-electron chi connectivity index (χ4n) is 5.48. The molecular formula is C32H30N2O3S. The molecule has 192 valence electrons. The zero-order valence-electron chi connectivity index (χ0n) is 22.0. The first-order valence-electron chi connectivity index (χ1n) is 12.9. The third-order valence-corrected chi connectivity index (χ3v) is 8.48. The van der Waals surface area contributed by atoms with E-state index in [1.807, 2.05) is 28.8 Å². The fourth-order valence-corrected chi connectivity index (χ4v) is 6.48. The molecule has 0 spiro atoms. The van der Waals surface area contributed by atoms with Crippen molar-refractivity contribution < 1.29 is 9.47 Å². The van der Waals surface area contributed by atoms with Gasteiger partial charge >= 0.3 is 0 Å². The van der Waals surface area contributed by atoms with Gasteiger partial charge in [-0.3, -0.25) is 9.36 Å². The van der Waals surface area contributed by atoms with E-state index in [1.165, 1.54) is 33.6 Å². The van der Waals surface area contributed by atoms with E-state index < -0.39 is 0 Å². The van der Waals surface area contributed by atoms with E-state index in [-0.39, 0.29) is 11.6 Å². The van der Waals surface area contributed by atoms with Crippen LogP contribution in [0, 0.1) is 0 Å². The molecule has 1 unspecified atom stereocenters. The first kappa shape index (κ1) is 24.4. The average Bonchev–Trinajstić information content (AvgIpc) is 3.25. The number of hydrogen-bond donors (Lipinski definition) is 0. The van der Waals surface area contributed by atoms with E-state index in [1.54, 1.807) is 14.2 Å². The predicted octanol–water partition coefficient (Wildman–Crippen LogP) is 5.46. The molecule has 6 heteroatoms. The third-order valence-electron chi connectivity index (χ3n) is 7.50. The van der Waals surface area contributed by atoms with Crippen molar-refractivity contribution in [2.45, 2.75) is 38.6 Å². The molecule has 0 N–H and O–H groups in total. The summed E-state index contributed by atoms with van der Waals surface area (Å²) < 4.78 is 13.4. The Morgan fingerprint density at radius 3 is 2.47 bits per heavy atom. The van der Waals surface area contributed by atoms with E-state index in [2.05, 4.69) is 62.4 Å². The normalized spacial score (nSPS) is 16.6. The van der Waals surface area contributed by atoms with E-state index in [4.69, 9.17) is 14.5 Å². The molecule has 1 aromatic heterocycles. The van der Waals surface area contributed by atoms with E-state index >= 15 is 0 Å². The van der Waals surface area contributed by atoms with Gasteiger partial charge in [-0.1, -0.05) is 79.8 Å². The number of hydrogen-bond acceptors (Lipinski definition) is 5. The standard InChI is InChI=1S/C32H30N2O3S/c1-19(2)21-10-12-23(13-11-21)30-25-15-14-22-7-5-6-8-24(22)29(25)33-32-34(30)31(35)28(38-32)18-20-9-16-26(36-3)27(17-20)37-4/h5-13,16-19,30H,14-15H2,1-4H3. The first-order valence-corrected chi connectivity index (χ1v) is 13.7. The lowest BCUT2D eigenvalue weighted by molar-refractivity contribution is 0.355. The highest BCUT2D eigenvalue weighted by molar-refractivity contribution is 7.07. The summed E-state index contributed by atoms with van der Waals surface area (Å²) in [5.41, 5.74) is 7.98. The highest BCUT2D eigenvalue weighted by Crippen LogP contribution is 2.41. The second-order valence-electron chi connectivity index (χ2n) is 10.0. The Morgan fingerprint density at radius 1 is 0.974 bits per heavy atom. The Bertz CT molecular complexity index is 1740. The number of nitrogens with zero attached hydrogens (tertiary/aromatic N) is 2. The molecule has 5 nitrogen and oxygen atoms in total. The molecule has 2 aliphatic rings. The van der Waals surface area contributed by atoms with Crippen LogP contribution in [0.4, 0.5) is 0 Å². The van der Waals surface area contributed by atoms with Crippen LogP contribution in [0.1, 0.15) is 60.0 Å². The largest absolute Gasteiger partial charge is 0.493 e. The Morgan fingerprint density at radius 2 is 1.74 bits per heavy atom. The maximum Gasteiger partial charge on any atom is 0.271 e. The molecule has 0 amide bonds. The average molecular weight is 523 g/mol. The van der Waals surface area contributed by atoms with Crippen molar-refractivity contribution in [3.63, 3.8) is 0 Å². The Kier molecular flexibility index (Phi) is 6.28. The van der Waals surface area contributed by atoms with Crippen molar-refractivity contribution >= 4 is 23.1 Å². The highest BCUT2D eigenvalue weighted by Gasteiger charge is 2.32. The van der Waals surface area contributed by atoms with Gasteiger partial charge in [0.15, 0.2) is 16.3 Å². The summed E-state index contributed by atoms with van der Waals surface area (Å²) in [6.07, 6.45) is 3.74. The molecule has 1 aliphatic carbocycles. The van der Waals surface area contributed by atoms with Crippen LogP contribution in [0.25, 0.3) is 11.8 Å². The summed E-state index contributed by atoms with van der Waals surface area (Å²) >= 11 is 1.44. The van der Waals surface area contributed by atoms with Gasteiger partial charge in [-0.25, -0.2) is 4.99 Å². The Hall–Kier alpha value is -3.90. The van der Waals surface area contributed by atoms with Gasteiger partial charge in [0, 0.05) is 5.56 Å². The van der Waals surface area contributed by atoms with Crippen LogP contribution in [0.2, 0.25) is 0 Å². The van der Waals surface area contributed by atoms with Crippen LogP contribution >= 0.6 is 11.3 Å². The van der Waals surface area contributed by atoms with Gasteiger partial charge in [0.25, 0.3) is 5.56 Å². The number of thiazole rings is 1. The van der Waals surface area contributed by atoms with Gasteiger partial charge < -0.3 is 9.47 Å². The van der Waals surface area contributed by atoms with E-state index in [9.17, 15) is 4.79 Å². The van der Waals surface area contributed by atoms with Crippen LogP contribution in [0.5, 0.6) is 11.5 Å². The van der Waals surface area contributed by atoms with Gasteiger partial charge in [0.1, 0.15) is 0 Å². The molecule has 1 aliphatic heterocycles. The molecule has 1 atom stereocenters. The molecule has 4 aromatic rings. The number of ether oxygens (including phenoxy) is 2. The van der Waals surface area contributed by atoms with Crippen molar-refractivity contribution in [1.82, 2.24) is 4.57 Å². The molecule has 0 saturated heterocycles. The number of rotatable bonds is 5. The van der Waals surface area contributed by atoms with Gasteiger partial charge in [0.2, 0.25) is 0 Å². The smallest absolute Gasteiger partial charge is 0.271 e. The maximum atomic E-state index is 14.0. The van der Waals surface area contributed by atoms with Crippen molar-refractivity contribution in [3.8, 4) is 11.5 Å². The molecular weight excluding hydrogens is 492 g/mol. The monoisotopic (exact) mass is 522 g/mol. The minimum absolute atomic E-state index is 0.0214. The molecule has 0 radical (unpaired) electrons. The maximum absolute atomic E-state index is 14.0. The lowest BCUT2D eigenvalue weighted by atomic mass is 9.83. The molecule has 6 rings (SSSR count). The van der Waals surface area contributed by atoms with Crippen molar-refractivity contribution in [1.29, 1.82) is 0 Å². The van der Waals surface area contributed by atoms with Crippen LogP contribution in [0.3, 0.4) is 0 Å². The quantitative estimate of drug-likeness (QED) is 0.350. The number of fused-ring (bicyclic) bond motifs is 3. The summed E-state index contributed by atoms with van der Waals surface area (Å²) in [4.78, 5) is 19.8. The first-order chi connectivity index (χ1) is 18.5. The zero-order chi connectivity index (χ0) is 26.4. The molecule has 3 aromatic carbocycles. The van der Waals surface area contributed by atoms with E-state index in [0.29, 0.717) is 21.9 Å². The molecule has 2 heterocycles. The van der Waals surface area contributed by atoms with Gasteiger partial charge in [-0.05, 0) is 64.8 Å². The lowest BCUT2D eigenvalue weighted by Crippen LogP contribution is -2.38. The number of aryl methyl sites for hydroxylation is 1. The minimum atomic E-state index is -0.177. The molecule has 0 fully saturated rings.